The Balaban J connectivity index is 2.78. The zero-order valence-electron chi connectivity index (χ0n) is 11.2. The van der Waals surface area contributed by atoms with Crippen LogP contribution in [0.25, 0.3) is 0 Å². The average molecular weight is 264 g/mol. The Morgan fingerprint density at radius 1 is 1.56 bits per heavy atom. The van der Waals surface area contributed by atoms with Gasteiger partial charge < -0.3 is 4.90 Å². The van der Waals surface area contributed by atoms with Gasteiger partial charge in [-0.25, -0.2) is 0 Å². The monoisotopic (exact) mass is 264 g/mol. The highest BCUT2D eigenvalue weighted by atomic mass is 32.1. The van der Waals surface area contributed by atoms with Gasteiger partial charge in [0.15, 0.2) is 0 Å². The van der Waals surface area contributed by atoms with Crippen molar-refractivity contribution in [1.29, 1.82) is 5.26 Å². The zero-order valence-corrected chi connectivity index (χ0v) is 12.0. The maximum absolute atomic E-state index is 12.3. The predicted molar refractivity (Wildman–Crippen MR) is 74.0 cm³/mol. The molecule has 1 rings (SSSR count). The summed E-state index contributed by atoms with van der Waals surface area (Å²) >= 11 is 1.64. The molecule has 0 N–H and O–H groups in total. The van der Waals surface area contributed by atoms with E-state index in [1.54, 1.807) is 16.2 Å². The summed E-state index contributed by atoms with van der Waals surface area (Å²) in [5.41, 5.74) is 0. The number of carbonyl (C=O) groups excluding carboxylic acids is 1. The number of nitriles is 1. The third-order valence-corrected chi connectivity index (χ3v) is 3.71. The summed E-state index contributed by atoms with van der Waals surface area (Å²) < 4.78 is 0. The molecule has 1 amide bonds. The smallest absolute Gasteiger partial charge is 0.240 e. The molecule has 18 heavy (non-hydrogen) atoms. The van der Waals surface area contributed by atoms with Crippen molar-refractivity contribution >= 4 is 17.2 Å². The Morgan fingerprint density at radius 3 is 2.72 bits per heavy atom. The molecule has 1 unspecified atom stereocenters. The van der Waals surface area contributed by atoms with E-state index in [9.17, 15) is 4.79 Å². The summed E-state index contributed by atoms with van der Waals surface area (Å²) in [5, 5.41) is 11.1. The number of amides is 1. The van der Waals surface area contributed by atoms with Crippen LogP contribution in [0.3, 0.4) is 0 Å². The van der Waals surface area contributed by atoms with Gasteiger partial charge in [-0.1, -0.05) is 19.4 Å². The number of carbonyl (C=O) groups is 1. The quantitative estimate of drug-likeness (QED) is 0.790. The van der Waals surface area contributed by atoms with Crippen molar-refractivity contribution in [3.8, 4) is 6.07 Å². The van der Waals surface area contributed by atoms with Crippen molar-refractivity contribution in [3.05, 3.63) is 22.4 Å². The van der Waals surface area contributed by atoms with Crippen LogP contribution in [0.15, 0.2) is 17.5 Å². The molecule has 1 atom stereocenters. The van der Waals surface area contributed by atoms with Crippen LogP contribution in [-0.4, -0.2) is 16.8 Å². The van der Waals surface area contributed by atoms with Crippen LogP contribution in [0, 0.1) is 17.2 Å². The lowest BCUT2D eigenvalue weighted by Crippen LogP contribution is -2.39. The fourth-order valence-corrected chi connectivity index (χ4v) is 2.52. The largest absolute Gasteiger partial charge is 0.334 e. The zero-order chi connectivity index (χ0) is 13.5. The molecule has 0 aliphatic carbocycles. The first-order valence-corrected chi connectivity index (χ1v) is 7.20. The molecule has 4 heteroatoms. The number of hydrogen-bond donors (Lipinski definition) is 0. The molecule has 0 saturated carbocycles. The minimum Gasteiger partial charge on any atom is -0.334 e. The van der Waals surface area contributed by atoms with E-state index in [0.29, 0.717) is 13.0 Å². The fraction of sp³-hybridized carbons (Fsp3) is 0.571. The van der Waals surface area contributed by atoms with Gasteiger partial charge in [-0.3, -0.25) is 4.79 Å². The van der Waals surface area contributed by atoms with E-state index in [1.807, 2.05) is 38.3 Å². The third-order valence-electron chi connectivity index (χ3n) is 2.84. The van der Waals surface area contributed by atoms with Crippen LogP contribution >= 0.6 is 11.3 Å². The van der Waals surface area contributed by atoms with Crippen LogP contribution < -0.4 is 0 Å². The van der Waals surface area contributed by atoms with Gasteiger partial charge in [-0.05, 0) is 31.7 Å². The first-order valence-electron chi connectivity index (χ1n) is 6.32. The van der Waals surface area contributed by atoms with Crippen molar-refractivity contribution in [3.63, 3.8) is 0 Å². The second-order valence-corrected chi connectivity index (χ2v) is 5.64. The number of thiophene rings is 1. The van der Waals surface area contributed by atoms with Crippen molar-refractivity contribution in [1.82, 2.24) is 4.90 Å². The van der Waals surface area contributed by atoms with Gasteiger partial charge in [0.25, 0.3) is 0 Å². The van der Waals surface area contributed by atoms with E-state index in [0.717, 1.165) is 11.3 Å². The molecule has 3 nitrogen and oxygen atoms in total. The summed E-state index contributed by atoms with van der Waals surface area (Å²) in [5.74, 6) is -0.542. The molecule has 1 heterocycles. The SMILES string of the molecule is CCCC(C#N)C(=O)N(Cc1cccs1)C(C)C. The molecule has 0 fully saturated rings. The van der Waals surface area contributed by atoms with E-state index < -0.39 is 5.92 Å². The first kappa shape index (κ1) is 14.7. The minimum absolute atomic E-state index is 0.0391. The fourth-order valence-electron chi connectivity index (χ4n) is 1.82. The molecule has 98 valence electrons. The Hall–Kier alpha value is -1.34. The molecule has 0 spiro atoms. The molecular formula is C14H20N2OS. The Labute approximate surface area is 113 Å². The normalized spacial score (nSPS) is 12.2. The van der Waals surface area contributed by atoms with E-state index in [-0.39, 0.29) is 11.9 Å². The van der Waals surface area contributed by atoms with Crippen LogP contribution in [0.1, 0.15) is 38.5 Å². The van der Waals surface area contributed by atoms with E-state index >= 15 is 0 Å². The average Bonchev–Trinajstić information content (AvgIpc) is 2.84. The van der Waals surface area contributed by atoms with Crippen LogP contribution in [-0.2, 0) is 11.3 Å². The van der Waals surface area contributed by atoms with Crippen molar-refractivity contribution in [2.75, 3.05) is 0 Å². The lowest BCUT2D eigenvalue weighted by Gasteiger charge is -2.28. The molecule has 0 aliphatic heterocycles. The van der Waals surface area contributed by atoms with E-state index in [1.165, 1.54) is 0 Å². The summed E-state index contributed by atoms with van der Waals surface area (Å²) in [6.07, 6.45) is 1.50. The molecular weight excluding hydrogens is 244 g/mol. The van der Waals surface area contributed by atoms with Gasteiger partial charge in [0.05, 0.1) is 12.6 Å². The van der Waals surface area contributed by atoms with E-state index in [4.69, 9.17) is 5.26 Å². The summed E-state index contributed by atoms with van der Waals surface area (Å²) in [4.78, 5) is 15.3. The van der Waals surface area contributed by atoms with Gasteiger partial charge in [0, 0.05) is 10.9 Å². The highest BCUT2D eigenvalue weighted by Gasteiger charge is 2.25. The lowest BCUT2D eigenvalue weighted by molar-refractivity contribution is -0.136. The van der Waals surface area contributed by atoms with Gasteiger partial charge in [-0.15, -0.1) is 11.3 Å². The predicted octanol–water partition coefficient (Wildman–Crippen LogP) is 3.42. The summed E-state index contributed by atoms with van der Waals surface area (Å²) in [6, 6.07) is 6.25. The molecule has 0 aliphatic rings. The van der Waals surface area contributed by atoms with Gasteiger partial charge in [0.1, 0.15) is 5.92 Å². The van der Waals surface area contributed by atoms with Crippen LogP contribution in [0.2, 0.25) is 0 Å². The number of rotatable bonds is 6. The van der Waals surface area contributed by atoms with Crippen LogP contribution in [0.5, 0.6) is 0 Å². The maximum atomic E-state index is 12.3. The second-order valence-electron chi connectivity index (χ2n) is 4.61. The molecule has 0 saturated heterocycles. The number of nitrogens with zero attached hydrogens (tertiary/aromatic N) is 2. The molecule has 0 bridgehead atoms. The maximum Gasteiger partial charge on any atom is 0.240 e. The van der Waals surface area contributed by atoms with Gasteiger partial charge in [-0.2, -0.15) is 5.26 Å². The minimum atomic E-state index is -0.502. The van der Waals surface area contributed by atoms with E-state index in [2.05, 4.69) is 6.07 Å². The number of hydrogen-bond acceptors (Lipinski definition) is 3. The molecule has 0 aromatic carbocycles. The van der Waals surface area contributed by atoms with Gasteiger partial charge in [0.2, 0.25) is 5.91 Å². The molecule has 0 radical (unpaired) electrons. The van der Waals surface area contributed by atoms with Crippen LogP contribution in [0.4, 0.5) is 0 Å². The molecule has 1 aromatic rings. The standard InChI is InChI=1S/C14H20N2OS/c1-4-6-12(9-15)14(17)16(11(2)3)10-13-7-5-8-18-13/h5,7-8,11-12H,4,6,10H2,1-3H3. The van der Waals surface area contributed by atoms with Crippen molar-refractivity contribution < 1.29 is 4.79 Å². The summed E-state index contributed by atoms with van der Waals surface area (Å²) in [7, 11) is 0. The topological polar surface area (TPSA) is 44.1 Å². The highest BCUT2D eigenvalue weighted by molar-refractivity contribution is 7.09. The Bertz CT molecular complexity index is 406. The Morgan fingerprint density at radius 2 is 2.28 bits per heavy atom. The summed E-state index contributed by atoms with van der Waals surface area (Å²) in [6.45, 7) is 6.59. The van der Waals surface area contributed by atoms with Gasteiger partial charge >= 0.3 is 0 Å². The lowest BCUT2D eigenvalue weighted by atomic mass is 10.0. The Kier molecular flexibility index (Phi) is 5.87. The van der Waals surface area contributed by atoms with Crippen molar-refractivity contribution in [2.24, 2.45) is 5.92 Å². The van der Waals surface area contributed by atoms with Crippen molar-refractivity contribution in [2.45, 2.75) is 46.2 Å². The second kappa shape index (κ2) is 7.17. The first-order chi connectivity index (χ1) is 8.60. The molecule has 1 aromatic heterocycles. The third kappa shape index (κ3) is 3.85. The highest BCUT2D eigenvalue weighted by Crippen LogP contribution is 2.18.